The quantitative estimate of drug-likeness (QED) is 0.583. The molecule has 0 aliphatic rings. The predicted octanol–water partition coefficient (Wildman–Crippen LogP) is -0.677. The zero-order valence-corrected chi connectivity index (χ0v) is 17.1. The topological polar surface area (TPSA) is 128 Å². The maximum atomic E-state index is 12.4. The lowest BCUT2D eigenvalue weighted by Gasteiger charge is -2.12. The van der Waals surface area contributed by atoms with Gasteiger partial charge in [0.2, 0.25) is 15.9 Å². The van der Waals surface area contributed by atoms with Gasteiger partial charge in [-0.2, -0.15) is 0 Å². The van der Waals surface area contributed by atoms with Crippen molar-refractivity contribution in [2.75, 3.05) is 19.4 Å². The van der Waals surface area contributed by atoms with Crippen molar-refractivity contribution in [1.82, 2.24) is 23.0 Å². The monoisotopic (exact) mass is 420 g/mol. The van der Waals surface area contributed by atoms with Gasteiger partial charge in [0.25, 0.3) is 5.56 Å². The molecule has 2 aromatic heterocycles. The molecule has 0 bridgehead atoms. The van der Waals surface area contributed by atoms with Crippen molar-refractivity contribution < 1.29 is 13.2 Å². The Morgan fingerprint density at radius 2 is 1.72 bits per heavy atom. The number of hydrogen-bond acceptors (Lipinski definition) is 6. The first kappa shape index (κ1) is 20.5. The molecule has 0 aliphatic carbocycles. The molecule has 11 nitrogen and oxygen atoms in total. The molecule has 0 atom stereocenters. The van der Waals surface area contributed by atoms with Crippen LogP contribution in [0.25, 0.3) is 11.2 Å². The summed E-state index contributed by atoms with van der Waals surface area (Å²) >= 11 is 0. The number of fused-ring (bicyclic) bond motifs is 1. The number of hydrogen-bond donors (Lipinski definition) is 1. The highest BCUT2D eigenvalue weighted by Gasteiger charge is 2.18. The van der Waals surface area contributed by atoms with Crippen LogP contribution >= 0.6 is 0 Å². The number of aromatic nitrogens is 4. The van der Waals surface area contributed by atoms with Crippen molar-refractivity contribution in [1.29, 1.82) is 0 Å². The summed E-state index contributed by atoms with van der Waals surface area (Å²) in [6, 6.07) is 5.73. The highest BCUT2D eigenvalue weighted by molar-refractivity contribution is 7.89. The van der Waals surface area contributed by atoms with Gasteiger partial charge in [-0.05, 0) is 24.3 Å². The van der Waals surface area contributed by atoms with E-state index < -0.39 is 27.2 Å². The van der Waals surface area contributed by atoms with Gasteiger partial charge in [-0.1, -0.05) is 0 Å². The van der Waals surface area contributed by atoms with Gasteiger partial charge in [-0.25, -0.2) is 22.5 Å². The van der Waals surface area contributed by atoms with Crippen molar-refractivity contribution in [3.8, 4) is 0 Å². The Hall–Kier alpha value is -3.25. The number of aryl methyl sites for hydroxylation is 1. The van der Waals surface area contributed by atoms with Crippen LogP contribution in [0.4, 0.5) is 5.69 Å². The average molecular weight is 420 g/mol. The molecule has 0 aliphatic heterocycles. The number of nitrogens with one attached hydrogen (secondary N) is 1. The van der Waals surface area contributed by atoms with E-state index in [-0.39, 0.29) is 22.6 Å². The largest absolute Gasteiger partial charge is 0.332 e. The molecule has 1 aromatic carbocycles. The highest BCUT2D eigenvalue weighted by Crippen LogP contribution is 2.16. The van der Waals surface area contributed by atoms with Crippen molar-refractivity contribution in [3.63, 3.8) is 0 Å². The van der Waals surface area contributed by atoms with Gasteiger partial charge in [0, 0.05) is 33.9 Å². The molecule has 29 heavy (non-hydrogen) atoms. The van der Waals surface area contributed by atoms with Gasteiger partial charge < -0.3 is 9.88 Å². The molecule has 0 spiro atoms. The van der Waals surface area contributed by atoms with Crippen molar-refractivity contribution >= 4 is 32.8 Å². The Labute approximate surface area is 165 Å². The molecule has 0 radical (unpaired) electrons. The zero-order chi connectivity index (χ0) is 21.5. The number of rotatable bonds is 5. The molecule has 1 amide bonds. The predicted molar refractivity (Wildman–Crippen MR) is 106 cm³/mol. The minimum absolute atomic E-state index is 0.102. The molecule has 12 heteroatoms. The first-order chi connectivity index (χ1) is 13.5. The summed E-state index contributed by atoms with van der Waals surface area (Å²) in [4.78, 5) is 40.9. The maximum absolute atomic E-state index is 12.4. The van der Waals surface area contributed by atoms with E-state index in [0.717, 1.165) is 8.87 Å². The second kappa shape index (κ2) is 7.29. The Kier molecular flexibility index (Phi) is 5.15. The summed E-state index contributed by atoms with van der Waals surface area (Å²) in [5, 5.41) is 2.64. The normalized spacial score (nSPS) is 11.9. The van der Waals surface area contributed by atoms with Crippen molar-refractivity contribution in [3.05, 3.63) is 51.4 Å². The first-order valence-corrected chi connectivity index (χ1v) is 9.91. The van der Waals surface area contributed by atoms with Crippen LogP contribution in [0.5, 0.6) is 0 Å². The number of imidazole rings is 1. The minimum atomic E-state index is -3.56. The molecule has 154 valence electrons. The van der Waals surface area contributed by atoms with E-state index in [1.165, 1.54) is 67.9 Å². The lowest BCUT2D eigenvalue weighted by molar-refractivity contribution is -0.116. The van der Waals surface area contributed by atoms with Gasteiger partial charge in [-0.15, -0.1) is 0 Å². The number of carbonyl (C=O) groups is 1. The molecule has 1 N–H and O–H groups in total. The average Bonchev–Trinajstić information content (AvgIpc) is 3.08. The fourth-order valence-electron chi connectivity index (χ4n) is 2.79. The van der Waals surface area contributed by atoms with E-state index in [1.807, 2.05) is 0 Å². The lowest BCUT2D eigenvalue weighted by Crippen LogP contribution is -2.37. The van der Waals surface area contributed by atoms with E-state index in [0.29, 0.717) is 5.69 Å². The Morgan fingerprint density at radius 3 is 2.31 bits per heavy atom. The third kappa shape index (κ3) is 3.59. The van der Waals surface area contributed by atoms with Crippen LogP contribution in [-0.4, -0.2) is 51.4 Å². The molecule has 3 rings (SSSR count). The molecule has 3 aromatic rings. The smallest absolute Gasteiger partial charge is 0.325 e. The van der Waals surface area contributed by atoms with Crippen molar-refractivity contribution in [2.45, 2.75) is 11.4 Å². The van der Waals surface area contributed by atoms with Gasteiger partial charge in [0.05, 0.1) is 11.2 Å². The third-order valence-corrected chi connectivity index (χ3v) is 6.28. The summed E-state index contributed by atoms with van der Waals surface area (Å²) in [5.41, 5.74) is -0.338. The maximum Gasteiger partial charge on any atom is 0.332 e. The summed E-state index contributed by atoms with van der Waals surface area (Å²) < 4.78 is 28.8. The van der Waals surface area contributed by atoms with Crippen LogP contribution in [-0.2, 0) is 35.5 Å². The SMILES string of the molecule is CN(C)S(=O)(=O)c1ccc(NC(=O)Cn2cnc3c2c(=O)n(C)c(=O)n3C)cc1. The van der Waals surface area contributed by atoms with Crippen LogP contribution in [0.3, 0.4) is 0 Å². The molecule has 0 fully saturated rings. The summed E-state index contributed by atoms with van der Waals surface area (Å²) in [7, 11) is 2.14. The van der Waals surface area contributed by atoms with Gasteiger partial charge in [0.15, 0.2) is 11.2 Å². The summed E-state index contributed by atoms with van der Waals surface area (Å²) in [5.74, 6) is -0.441. The fraction of sp³-hybridized carbons (Fsp3) is 0.294. The lowest BCUT2D eigenvalue weighted by atomic mass is 10.3. The standard InChI is InChI=1S/C17H20N6O5S/c1-20(2)29(27,28)12-7-5-11(6-8-12)19-13(24)9-23-10-18-15-14(23)16(25)22(4)17(26)21(15)3/h5-8,10H,9H2,1-4H3,(H,19,24). The van der Waals surface area contributed by atoms with Gasteiger partial charge >= 0.3 is 5.69 Å². The third-order valence-electron chi connectivity index (χ3n) is 4.45. The summed E-state index contributed by atoms with van der Waals surface area (Å²) in [6.45, 7) is -0.207. The molecular formula is C17H20N6O5S. The van der Waals surface area contributed by atoms with Gasteiger partial charge in [0.1, 0.15) is 6.54 Å². The number of carbonyl (C=O) groups excluding carboxylic acids is 1. The van der Waals surface area contributed by atoms with Crippen LogP contribution in [0.15, 0.2) is 45.1 Å². The number of sulfonamides is 1. The van der Waals surface area contributed by atoms with Crippen LogP contribution in [0.2, 0.25) is 0 Å². The Balaban J connectivity index is 1.84. The highest BCUT2D eigenvalue weighted by atomic mass is 32.2. The molecule has 2 heterocycles. The number of amides is 1. The second-order valence-electron chi connectivity index (χ2n) is 6.61. The van der Waals surface area contributed by atoms with Crippen LogP contribution < -0.4 is 16.6 Å². The van der Waals surface area contributed by atoms with Crippen LogP contribution in [0, 0.1) is 0 Å². The Morgan fingerprint density at radius 1 is 1.10 bits per heavy atom. The van der Waals surface area contributed by atoms with E-state index >= 15 is 0 Å². The minimum Gasteiger partial charge on any atom is -0.325 e. The number of benzene rings is 1. The molecular weight excluding hydrogens is 400 g/mol. The van der Waals surface area contributed by atoms with E-state index in [1.54, 1.807) is 0 Å². The van der Waals surface area contributed by atoms with E-state index in [2.05, 4.69) is 10.3 Å². The van der Waals surface area contributed by atoms with Crippen LogP contribution in [0.1, 0.15) is 0 Å². The Bertz CT molecular complexity index is 1320. The second-order valence-corrected chi connectivity index (χ2v) is 8.76. The van der Waals surface area contributed by atoms with Crippen molar-refractivity contribution in [2.24, 2.45) is 14.1 Å². The van der Waals surface area contributed by atoms with E-state index in [9.17, 15) is 22.8 Å². The number of anilines is 1. The summed E-state index contributed by atoms with van der Waals surface area (Å²) in [6.07, 6.45) is 1.32. The first-order valence-electron chi connectivity index (χ1n) is 8.47. The fourth-order valence-corrected chi connectivity index (χ4v) is 3.69. The van der Waals surface area contributed by atoms with E-state index in [4.69, 9.17) is 0 Å². The molecule has 0 saturated carbocycles. The molecule has 0 saturated heterocycles. The number of nitrogens with zero attached hydrogens (tertiary/aromatic N) is 5. The van der Waals surface area contributed by atoms with Gasteiger partial charge in [-0.3, -0.25) is 18.7 Å². The zero-order valence-electron chi connectivity index (χ0n) is 16.3. The molecule has 0 unspecified atom stereocenters.